The number of nitrogens with zero attached hydrogens (tertiary/aromatic N) is 1. The van der Waals surface area contributed by atoms with Gasteiger partial charge in [0.1, 0.15) is 12.1 Å². The van der Waals surface area contributed by atoms with E-state index in [-0.39, 0.29) is 23.5 Å². The molecule has 0 aromatic rings. The Morgan fingerprint density at radius 3 is 2.58 bits per heavy atom. The van der Waals surface area contributed by atoms with Crippen molar-refractivity contribution in [3.8, 4) is 0 Å². The van der Waals surface area contributed by atoms with Crippen molar-refractivity contribution in [2.45, 2.75) is 63.6 Å². The maximum absolute atomic E-state index is 12.5. The number of hydrogen-bond acceptors (Lipinski definition) is 3. The monoisotopic (exact) mass is 268 g/mol. The highest BCUT2D eigenvalue weighted by molar-refractivity contribution is 5.96. The predicted molar refractivity (Wildman–Crippen MR) is 71.6 cm³/mol. The van der Waals surface area contributed by atoms with Crippen LogP contribution in [0.2, 0.25) is 0 Å². The Bertz CT molecular complexity index is 360. The molecule has 5 nitrogen and oxygen atoms in total. The van der Waals surface area contributed by atoms with Crippen molar-refractivity contribution in [3.05, 3.63) is 0 Å². The number of carbonyl (C=O) groups excluding carboxylic acids is 2. The normalized spacial score (nSPS) is 29.9. The van der Waals surface area contributed by atoms with Crippen molar-refractivity contribution >= 4 is 11.8 Å². The van der Waals surface area contributed by atoms with E-state index in [0.29, 0.717) is 13.0 Å². The summed E-state index contributed by atoms with van der Waals surface area (Å²) in [4.78, 5) is 26.1. The van der Waals surface area contributed by atoms with Crippen molar-refractivity contribution in [2.24, 2.45) is 0 Å². The van der Waals surface area contributed by atoms with E-state index >= 15 is 0 Å². The van der Waals surface area contributed by atoms with Gasteiger partial charge in [-0.3, -0.25) is 9.59 Å². The van der Waals surface area contributed by atoms with Crippen molar-refractivity contribution in [2.75, 3.05) is 13.7 Å². The van der Waals surface area contributed by atoms with Crippen LogP contribution in [-0.4, -0.2) is 48.1 Å². The minimum absolute atomic E-state index is 0.0391. The second-order valence-electron chi connectivity index (χ2n) is 5.73. The summed E-state index contributed by atoms with van der Waals surface area (Å²) < 4.78 is 5.58. The Morgan fingerprint density at radius 1 is 1.42 bits per heavy atom. The molecule has 2 atom stereocenters. The molecule has 0 spiro atoms. The van der Waals surface area contributed by atoms with E-state index < -0.39 is 6.04 Å². The third-order valence-electron chi connectivity index (χ3n) is 4.48. The number of piperazine rings is 1. The van der Waals surface area contributed by atoms with Crippen molar-refractivity contribution in [3.63, 3.8) is 0 Å². The van der Waals surface area contributed by atoms with Crippen LogP contribution in [0.15, 0.2) is 0 Å². The number of nitrogens with one attached hydrogen (secondary N) is 1. The molecule has 2 amide bonds. The van der Waals surface area contributed by atoms with E-state index in [1.165, 1.54) is 0 Å². The predicted octanol–water partition coefficient (Wildman–Crippen LogP) is 1.07. The molecule has 1 saturated heterocycles. The minimum atomic E-state index is -0.395. The largest absolute Gasteiger partial charge is 0.376 e. The first-order valence-electron chi connectivity index (χ1n) is 7.19. The van der Waals surface area contributed by atoms with E-state index in [2.05, 4.69) is 5.32 Å². The zero-order valence-corrected chi connectivity index (χ0v) is 12.1. The van der Waals surface area contributed by atoms with Crippen LogP contribution >= 0.6 is 0 Å². The van der Waals surface area contributed by atoms with Crippen LogP contribution in [0.25, 0.3) is 0 Å². The molecule has 1 heterocycles. The summed E-state index contributed by atoms with van der Waals surface area (Å²) in [7, 11) is 1.70. The summed E-state index contributed by atoms with van der Waals surface area (Å²) in [6.45, 7) is 4.35. The summed E-state index contributed by atoms with van der Waals surface area (Å²) in [5, 5.41) is 2.82. The zero-order chi connectivity index (χ0) is 14.0. The van der Waals surface area contributed by atoms with Gasteiger partial charge >= 0.3 is 0 Å². The zero-order valence-electron chi connectivity index (χ0n) is 12.1. The molecule has 1 aliphatic heterocycles. The van der Waals surface area contributed by atoms with Gasteiger partial charge < -0.3 is 15.0 Å². The maximum atomic E-state index is 12.5. The Labute approximate surface area is 114 Å². The third-order valence-corrected chi connectivity index (χ3v) is 4.48. The van der Waals surface area contributed by atoms with E-state index in [1.54, 1.807) is 18.9 Å². The second kappa shape index (κ2) is 5.49. The van der Waals surface area contributed by atoms with Gasteiger partial charge in [0, 0.05) is 7.11 Å². The molecule has 1 saturated carbocycles. The number of carbonyl (C=O) groups is 2. The van der Waals surface area contributed by atoms with Gasteiger partial charge in [-0.2, -0.15) is 0 Å². The first-order valence-corrected chi connectivity index (χ1v) is 7.19. The topological polar surface area (TPSA) is 58.6 Å². The number of ether oxygens (including phenoxy) is 1. The lowest BCUT2D eigenvalue weighted by atomic mass is 9.79. The molecule has 0 radical (unpaired) electrons. The second-order valence-corrected chi connectivity index (χ2v) is 5.73. The highest BCUT2D eigenvalue weighted by atomic mass is 16.5. The van der Waals surface area contributed by atoms with Crippen LogP contribution < -0.4 is 5.32 Å². The average Bonchev–Trinajstić information content (AvgIpc) is 2.35. The summed E-state index contributed by atoms with van der Waals surface area (Å²) in [5.74, 6) is -0.0131. The molecule has 19 heavy (non-hydrogen) atoms. The molecular weight excluding hydrogens is 244 g/mol. The summed E-state index contributed by atoms with van der Waals surface area (Å²) in [6, 6.07) is -0.754. The SMILES string of the molecule is CCCC1NC(=O)C(C)N(CC2(OC)CCC2)C1=O. The lowest BCUT2D eigenvalue weighted by Gasteiger charge is -2.47. The van der Waals surface area contributed by atoms with E-state index in [9.17, 15) is 9.59 Å². The molecule has 0 aromatic carbocycles. The molecule has 2 unspecified atom stereocenters. The fourth-order valence-electron chi connectivity index (χ4n) is 2.89. The molecular formula is C14H24N2O3. The van der Waals surface area contributed by atoms with Crippen LogP contribution in [0, 0.1) is 0 Å². The molecule has 0 aromatic heterocycles. The fraction of sp³-hybridized carbons (Fsp3) is 0.857. The number of hydrogen-bond donors (Lipinski definition) is 1. The van der Waals surface area contributed by atoms with Crippen molar-refractivity contribution in [1.82, 2.24) is 10.2 Å². The standard InChI is InChI=1S/C14H24N2O3/c1-4-6-11-13(18)16(10(2)12(17)15-11)9-14(19-3)7-5-8-14/h10-11H,4-9H2,1-3H3,(H,15,17). The van der Waals surface area contributed by atoms with Crippen LogP contribution in [0.1, 0.15) is 46.0 Å². The molecule has 2 aliphatic rings. The van der Waals surface area contributed by atoms with Crippen LogP contribution in [-0.2, 0) is 14.3 Å². The van der Waals surface area contributed by atoms with Crippen molar-refractivity contribution < 1.29 is 14.3 Å². The summed E-state index contributed by atoms with van der Waals surface area (Å²) >= 11 is 0. The highest BCUT2D eigenvalue weighted by Crippen LogP contribution is 2.36. The number of amides is 2. The Kier molecular flexibility index (Phi) is 4.13. The highest BCUT2D eigenvalue weighted by Gasteiger charge is 2.45. The van der Waals surface area contributed by atoms with Gasteiger partial charge in [-0.15, -0.1) is 0 Å². The van der Waals surface area contributed by atoms with Gasteiger partial charge in [0.15, 0.2) is 0 Å². The van der Waals surface area contributed by atoms with E-state index in [4.69, 9.17) is 4.74 Å². The fourth-order valence-corrected chi connectivity index (χ4v) is 2.89. The van der Waals surface area contributed by atoms with Crippen molar-refractivity contribution in [1.29, 1.82) is 0 Å². The molecule has 1 aliphatic carbocycles. The van der Waals surface area contributed by atoms with Gasteiger partial charge in [0.25, 0.3) is 0 Å². The Morgan fingerprint density at radius 2 is 2.11 bits per heavy atom. The maximum Gasteiger partial charge on any atom is 0.245 e. The minimum Gasteiger partial charge on any atom is -0.376 e. The summed E-state index contributed by atoms with van der Waals surface area (Å²) in [6.07, 6.45) is 4.66. The molecule has 5 heteroatoms. The van der Waals surface area contributed by atoms with Gasteiger partial charge in [-0.05, 0) is 32.6 Å². The van der Waals surface area contributed by atoms with Gasteiger partial charge in [-0.25, -0.2) is 0 Å². The molecule has 108 valence electrons. The smallest absolute Gasteiger partial charge is 0.245 e. The first-order chi connectivity index (χ1) is 9.03. The lowest BCUT2D eigenvalue weighted by molar-refractivity contribution is -0.158. The lowest BCUT2D eigenvalue weighted by Crippen LogP contribution is -2.65. The van der Waals surface area contributed by atoms with Crippen LogP contribution in [0.4, 0.5) is 0 Å². The number of rotatable bonds is 5. The Hall–Kier alpha value is -1.10. The molecule has 1 N–H and O–H groups in total. The molecule has 2 rings (SSSR count). The average molecular weight is 268 g/mol. The van der Waals surface area contributed by atoms with E-state index in [0.717, 1.165) is 25.7 Å². The van der Waals surface area contributed by atoms with Crippen LogP contribution in [0.3, 0.4) is 0 Å². The molecule has 0 bridgehead atoms. The van der Waals surface area contributed by atoms with Gasteiger partial charge in [0.05, 0.1) is 12.1 Å². The first kappa shape index (κ1) is 14.3. The number of methoxy groups -OCH3 is 1. The van der Waals surface area contributed by atoms with Crippen LogP contribution in [0.5, 0.6) is 0 Å². The third kappa shape index (κ3) is 2.61. The van der Waals surface area contributed by atoms with Gasteiger partial charge in [-0.1, -0.05) is 13.3 Å². The Balaban J connectivity index is 2.11. The van der Waals surface area contributed by atoms with E-state index in [1.807, 2.05) is 6.92 Å². The quantitative estimate of drug-likeness (QED) is 0.811. The summed E-state index contributed by atoms with van der Waals surface area (Å²) in [5.41, 5.74) is -0.224. The molecule has 2 fully saturated rings. The van der Waals surface area contributed by atoms with Gasteiger partial charge in [0.2, 0.25) is 11.8 Å².